The van der Waals surface area contributed by atoms with E-state index in [0.29, 0.717) is 0 Å². The number of rotatable bonds is 1. The van der Waals surface area contributed by atoms with Crippen LogP contribution in [-0.2, 0) is 0 Å². The molecule has 3 N–H and O–H groups in total. The highest BCUT2D eigenvalue weighted by Gasteiger charge is 2.06. The van der Waals surface area contributed by atoms with Gasteiger partial charge in [-0.25, -0.2) is 9.78 Å². The van der Waals surface area contributed by atoms with Crippen LogP contribution in [0.2, 0.25) is 0 Å². The molecule has 5 nitrogen and oxygen atoms in total. The molecule has 0 saturated carbocycles. The molecule has 0 aromatic carbocycles. The van der Waals surface area contributed by atoms with Crippen LogP contribution in [0.3, 0.4) is 0 Å². The molecule has 1 aromatic heterocycles. The molecule has 0 spiro atoms. The van der Waals surface area contributed by atoms with Gasteiger partial charge in [0.25, 0.3) is 0 Å². The lowest BCUT2D eigenvalue weighted by molar-refractivity contribution is 0.0690. The lowest BCUT2D eigenvalue weighted by Crippen LogP contribution is -2.03. The first kappa shape index (κ1) is 8.01. The van der Waals surface area contributed by atoms with Crippen molar-refractivity contribution in [1.29, 1.82) is 5.26 Å². The number of anilines is 1. The lowest BCUT2D eigenvalue weighted by atomic mass is 10.3. The molecule has 5 heteroatoms. The quantitative estimate of drug-likeness (QED) is 0.617. The highest BCUT2D eigenvalue weighted by molar-refractivity contribution is 5.86. The van der Waals surface area contributed by atoms with Crippen LogP contribution >= 0.6 is 0 Å². The van der Waals surface area contributed by atoms with Crippen molar-refractivity contribution in [1.82, 2.24) is 4.98 Å². The largest absolute Gasteiger partial charge is 0.477 e. The van der Waals surface area contributed by atoms with Crippen molar-refractivity contribution < 1.29 is 9.90 Å². The minimum absolute atomic E-state index is 0.00685. The maximum atomic E-state index is 10.4. The van der Waals surface area contributed by atoms with Crippen molar-refractivity contribution in [2.45, 2.75) is 0 Å². The molecule has 0 aliphatic heterocycles. The van der Waals surface area contributed by atoms with Crippen LogP contribution in [0.25, 0.3) is 0 Å². The summed E-state index contributed by atoms with van der Waals surface area (Å²) >= 11 is 0. The number of carboxylic acids is 1. The van der Waals surface area contributed by atoms with Gasteiger partial charge in [0.2, 0.25) is 0 Å². The average Bonchev–Trinajstić information content (AvgIpc) is 2.03. The molecule has 0 aliphatic rings. The molecule has 1 rings (SSSR count). The molecule has 0 radical (unpaired) electrons. The van der Waals surface area contributed by atoms with Gasteiger partial charge in [0.05, 0.1) is 0 Å². The van der Waals surface area contributed by atoms with E-state index in [4.69, 9.17) is 16.1 Å². The summed E-state index contributed by atoms with van der Waals surface area (Å²) in [7, 11) is 0. The Morgan fingerprint density at radius 1 is 1.67 bits per heavy atom. The van der Waals surface area contributed by atoms with E-state index in [-0.39, 0.29) is 17.1 Å². The van der Waals surface area contributed by atoms with Gasteiger partial charge in [0.15, 0.2) is 5.69 Å². The van der Waals surface area contributed by atoms with Gasteiger partial charge < -0.3 is 10.8 Å². The molecule has 12 heavy (non-hydrogen) atoms. The summed E-state index contributed by atoms with van der Waals surface area (Å²) in [5.74, 6) is -1.20. The van der Waals surface area contributed by atoms with Gasteiger partial charge in [0, 0.05) is 5.69 Å². The van der Waals surface area contributed by atoms with Crippen LogP contribution in [0.5, 0.6) is 0 Å². The second kappa shape index (κ2) is 2.88. The number of nitriles is 1. The van der Waals surface area contributed by atoms with E-state index in [9.17, 15) is 4.79 Å². The zero-order chi connectivity index (χ0) is 9.14. The number of nitrogens with zero attached hydrogens (tertiary/aromatic N) is 2. The van der Waals surface area contributed by atoms with Gasteiger partial charge in [-0.1, -0.05) is 0 Å². The maximum absolute atomic E-state index is 10.4. The van der Waals surface area contributed by atoms with Crippen molar-refractivity contribution in [2.75, 3.05) is 5.73 Å². The van der Waals surface area contributed by atoms with E-state index in [2.05, 4.69) is 4.98 Å². The fourth-order valence-corrected chi connectivity index (χ4v) is 0.719. The second-order valence-corrected chi connectivity index (χ2v) is 2.09. The number of carboxylic acid groups (broad SMARTS) is 1. The molecule has 0 fully saturated rings. The number of pyridine rings is 1. The Morgan fingerprint density at radius 3 is 2.83 bits per heavy atom. The van der Waals surface area contributed by atoms with E-state index < -0.39 is 5.97 Å². The van der Waals surface area contributed by atoms with Gasteiger partial charge in [0.1, 0.15) is 11.8 Å². The van der Waals surface area contributed by atoms with E-state index in [1.807, 2.05) is 0 Å². The first-order valence-corrected chi connectivity index (χ1v) is 3.04. The van der Waals surface area contributed by atoms with E-state index in [1.54, 1.807) is 6.07 Å². The van der Waals surface area contributed by atoms with Crippen molar-refractivity contribution in [3.8, 4) is 6.07 Å². The van der Waals surface area contributed by atoms with E-state index in [1.165, 1.54) is 12.1 Å². The summed E-state index contributed by atoms with van der Waals surface area (Å²) < 4.78 is 0. The number of nitrogen functional groups attached to an aromatic ring is 1. The third kappa shape index (κ3) is 1.49. The standard InChI is InChI=1S/C7H5N3O2/c8-3-5-1-4(9)2-6(10-5)7(11)12/h1-2H,(H2,9,10)(H,11,12). The third-order valence-electron chi connectivity index (χ3n) is 1.18. The molecule has 1 aromatic rings. The van der Waals surface area contributed by atoms with Gasteiger partial charge in [-0.3, -0.25) is 0 Å². The normalized spacial score (nSPS) is 8.92. The molecule has 0 saturated heterocycles. The highest BCUT2D eigenvalue weighted by Crippen LogP contribution is 2.06. The van der Waals surface area contributed by atoms with Crippen molar-refractivity contribution in [3.05, 3.63) is 23.5 Å². The highest BCUT2D eigenvalue weighted by atomic mass is 16.4. The Labute approximate surface area is 68.1 Å². The molecule has 1 heterocycles. The molecule has 0 bridgehead atoms. The maximum Gasteiger partial charge on any atom is 0.354 e. The zero-order valence-corrected chi connectivity index (χ0v) is 5.98. The molecule has 60 valence electrons. The van der Waals surface area contributed by atoms with Crippen LogP contribution in [0.4, 0.5) is 5.69 Å². The second-order valence-electron chi connectivity index (χ2n) is 2.09. The topological polar surface area (TPSA) is 100 Å². The van der Waals surface area contributed by atoms with Gasteiger partial charge in [-0.05, 0) is 12.1 Å². The first-order valence-electron chi connectivity index (χ1n) is 3.04. The summed E-state index contributed by atoms with van der Waals surface area (Å²) in [6, 6.07) is 4.22. The Balaban J connectivity index is 3.26. The number of aromatic nitrogens is 1. The Kier molecular flexibility index (Phi) is 1.92. The summed E-state index contributed by atoms with van der Waals surface area (Å²) in [6.07, 6.45) is 0. The van der Waals surface area contributed by atoms with Crippen molar-refractivity contribution in [2.24, 2.45) is 0 Å². The number of hydrogen-bond acceptors (Lipinski definition) is 4. The molecule has 0 unspecified atom stereocenters. The zero-order valence-electron chi connectivity index (χ0n) is 5.98. The average molecular weight is 163 g/mol. The van der Waals surface area contributed by atoms with Crippen molar-refractivity contribution >= 4 is 11.7 Å². The minimum Gasteiger partial charge on any atom is -0.477 e. The van der Waals surface area contributed by atoms with Crippen LogP contribution in [0.15, 0.2) is 12.1 Å². The monoisotopic (exact) mass is 163 g/mol. The van der Waals surface area contributed by atoms with Gasteiger partial charge in [-0.2, -0.15) is 5.26 Å². The van der Waals surface area contributed by atoms with Gasteiger partial charge >= 0.3 is 5.97 Å². The first-order chi connectivity index (χ1) is 5.63. The van der Waals surface area contributed by atoms with Crippen LogP contribution in [0, 0.1) is 11.3 Å². The number of nitrogens with two attached hydrogens (primary N) is 1. The van der Waals surface area contributed by atoms with Crippen molar-refractivity contribution in [3.63, 3.8) is 0 Å². The number of carbonyl (C=O) groups is 1. The number of hydrogen-bond donors (Lipinski definition) is 2. The fourth-order valence-electron chi connectivity index (χ4n) is 0.719. The van der Waals surface area contributed by atoms with Gasteiger partial charge in [-0.15, -0.1) is 0 Å². The SMILES string of the molecule is N#Cc1cc(N)cc(C(=O)O)n1. The molecular formula is C7H5N3O2. The summed E-state index contributed by atoms with van der Waals surface area (Å²) in [5, 5.41) is 16.9. The van der Waals surface area contributed by atoms with E-state index in [0.717, 1.165) is 0 Å². The van der Waals surface area contributed by atoms with Crippen LogP contribution in [-0.4, -0.2) is 16.1 Å². The minimum atomic E-state index is -1.20. The Hall–Kier alpha value is -2.09. The predicted molar refractivity (Wildman–Crippen MR) is 40.3 cm³/mol. The third-order valence-corrected chi connectivity index (χ3v) is 1.18. The Bertz CT molecular complexity index is 367. The van der Waals surface area contributed by atoms with Crippen LogP contribution < -0.4 is 5.73 Å². The summed E-state index contributed by atoms with van der Waals surface area (Å²) in [5.41, 5.74) is 5.33. The molecular weight excluding hydrogens is 158 g/mol. The summed E-state index contributed by atoms with van der Waals surface area (Å²) in [6.45, 7) is 0. The number of aromatic carboxylic acids is 1. The fraction of sp³-hybridized carbons (Fsp3) is 0. The molecule has 0 amide bonds. The Morgan fingerprint density at radius 2 is 2.33 bits per heavy atom. The predicted octanol–water partition coefficient (Wildman–Crippen LogP) is 0.234. The van der Waals surface area contributed by atoms with E-state index >= 15 is 0 Å². The molecule has 0 atom stereocenters. The lowest BCUT2D eigenvalue weighted by Gasteiger charge is -1.96. The summed E-state index contributed by atoms with van der Waals surface area (Å²) in [4.78, 5) is 13.9. The molecule has 0 aliphatic carbocycles. The smallest absolute Gasteiger partial charge is 0.354 e. The van der Waals surface area contributed by atoms with Crippen LogP contribution in [0.1, 0.15) is 16.2 Å².